The number of benzene rings is 3. The van der Waals surface area contributed by atoms with Crippen LogP contribution in [-0.2, 0) is 17.8 Å². The number of rotatable bonds is 9. The van der Waals surface area contributed by atoms with E-state index in [2.05, 4.69) is 32.1 Å². The SMILES string of the molecule is CCCc1ccc(C)cc1N1C(=O)CS/C1=N\C(=O)Nc1ccc(OCc2ncn(-c3ccc(OC(F)(F)F)cc3)n2)cc1C. The number of nitrogens with zero attached hydrogens (tertiary/aromatic N) is 5. The van der Waals surface area contributed by atoms with E-state index in [1.54, 1.807) is 25.1 Å². The summed E-state index contributed by atoms with van der Waals surface area (Å²) in [6.07, 6.45) is -1.63. The molecule has 1 fully saturated rings. The van der Waals surface area contributed by atoms with Gasteiger partial charge in [-0.1, -0.05) is 37.2 Å². The summed E-state index contributed by atoms with van der Waals surface area (Å²) in [6, 6.07) is 15.7. The summed E-state index contributed by atoms with van der Waals surface area (Å²) in [4.78, 5) is 35.7. The molecular formula is C31H29F3N6O4S. The van der Waals surface area contributed by atoms with Gasteiger partial charge in [0.05, 0.1) is 17.1 Å². The minimum atomic E-state index is -4.77. The van der Waals surface area contributed by atoms with Gasteiger partial charge in [-0.15, -0.1) is 18.3 Å². The molecule has 0 atom stereocenters. The van der Waals surface area contributed by atoms with Crippen LogP contribution in [-0.4, -0.2) is 44.0 Å². The average Bonchev–Trinajstić information content (AvgIpc) is 3.60. The van der Waals surface area contributed by atoms with Crippen LogP contribution in [0.25, 0.3) is 5.69 Å². The molecule has 1 N–H and O–H groups in total. The van der Waals surface area contributed by atoms with Crippen molar-refractivity contribution in [1.29, 1.82) is 0 Å². The number of hydrogen-bond acceptors (Lipinski definition) is 7. The van der Waals surface area contributed by atoms with Gasteiger partial charge < -0.3 is 14.8 Å². The van der Waals surface area contributed by atoms with E-state index < -0.39 is 12.4 Å². The van der Waals surface area contributed by atoms with Gasteiger partial charge in [-0.2, -0.15) is 4.99 Å². The van der Waals surface area contributed by atoms with Crippen molar-refractivity contribution in [3.63, 3.8) is 0 Å². The molecule has 0 unspecified atom stereocenters. The van der Waals surface area contributed by atoms with Crippen LogP contribution in [0.15, 0.2) is 72.0 Å². The summed E-state index contributed by atoms with van der Waals surface area (Å²) in [5.74, 6) is 0.593. The van der Waals surface area contributed by atoms with Gasteiger partial charge in [0, 0.05) is 5.69 Å². The van der Waals surface area contributed by atoms with Crippen molar-refractivity contribution < 1.29 is 32.2 Å². The van der Waals surface area contributed by atoms with Gasteiger partial charge in [0.1, 0.15) is 24.4 Å². The third-order valence-corrected chi connectivity index (χ3v) is 7.57. The lowest BCUT2D eigenvalue weighted by Crippen LogP contribution is -2.31. The Morgan fingerprint density at radius 2 is 1.82 bits per heavy atom. The molecular weight excluding hydrogens is 609 g/mol. The van der Waals surface area contributed by atoms with Gasteiger partial charge in [0.15, 0.2) is 11.0 Å². The van der Waals surface area contributed by atoms with Crippen LogP contribution >= 0.6 is 11.8 Å². The molecule has 0 aliphatic carbocycles. The smallest absolute Gasteiger partial charge is 0.486 e. The molecule has 2 heterocycles. The van der Waals surface area contributed by atoms with E-state index in [9.17, 15) is 22.8 Å². The first-order valence-corrected chi connectivity index (χ1v) is 14.9. The zero-order chi connectivity index (χ0) is 32.1. The van der Waals surface area contributed by atoms with Crippen LogP contribution in [0.3, 0.4) is 0 Å². The molecule has 1 aliphatic rings. The summed E-state index contributed by atoms with van der Waals surface area (Å²) >= 11 is 1.22. The molecule has 45 heavy (non-hydrogen) atoms. The molecule has 0 saturated carbocycles. The third-order valence-electron chi connectivity index (χ3n) is 6.65. The lowest BCUT2D eigenvalue weighted by molar-refractivity contribution is -0.274. The van der Waals surface area contributed by atoms with Gasteiger partial charge in [-0.05, 0) is 85.5 Å². The molecule has 1 aliphatic heterocycles. The number of aromatic nitrogens is 3. The Balaban J connectivity index is 1.21. The Morgan fingerprint density at radius 3 is 2.53 bits per heavy atom. The number of urea groups is 1. The van der Waals surface area contributed by atoms with Crippen molar-refractivity contribution in [3.05, 3.63) is 89.5 Å². The van der Waals surface area contributed by atoms with E-state index in [-0.39, 0.29) is 24.0 Å². The maximum atomic E-state index is 12.9. The average molecular weight is 639 g/mol. The van der Waals surface area contributed by atoms with Gasteiger partial charge in [0.25, 0.3) is 0 Å². The zero-order valence-corrected chi connectivity index (χ0v) is 25.4. The maximum Gasteiger partial charge on any atom is 0.573 e. The number of hydrogen-bond donors (Lipinski definition) is 1. The Kier molecular flexibility index (Phi) is 9.42. The standard InChI is InChI=1S/C31H29F3N6O4S/c1-4-5-21-7-6-19(2)14-26(21)40-28(41)17-45-30(40)37-29(42)36-25-13-12-24(15-20(25)3)43-16-27-35-18-39(38-27)22-8-10-23(11-9-22)44-31(32,33)34/h6-15,18H,4-5,16-17H2,1-3H3,(H,36,42)/b37-30-. The van der Waals surface area contributed by atoms with Crippen molar-refractivity contribution in [2.45, 2.75) is 46.6 Å². The number of thioether (sulfide) groups is 1. The normalized spacial score (nSPS) is 14.2. The van der Waals surface area contributed by atoms with Crippen LogP contribution in [0.2, 0.25) is 0 Å². The number of amidine groups is 1. The Hall–Kier alpha value is -4.85. The summed E-state index contributed by atoms with van der Waals surface area (Å²) < 4.78 is 48.3. The highest BCUT2D eigenvalue weighted by Crippen LogP contribution is 2.32. The van der Waals surface area contributed by atoms with Crippen molar-refractivity contribution in [2.24, 2.45) is 4.99 Å². The maximum absolute atomic E-state index is 12.9. The monoisotopic (exact) mass is 638 g/mol. The van der Waals surface area contributed by atoms with E-state index in [4.69, 9.17) is 4.74 Å². The summed E-state index contributed by atoms with van der Waals surface area (Å²) in [5, 5.41) is 7.41. The first-order chi connectivity index (χ1) is 21.5. The second kappa shape index (κ2) is 13.4. The van der Waals surface area contributed by atoms with Crippen molar-refractivity contribution >= 4 is 40.2 Å². The fourth-order valence-corrected chi connectivity index (χ4v) is 5.44. The number of carbonyl (C=O) groups excluding carboxylic acids is 2. The third kappa shape index (κ3) is 8.01. The highest BCUT2D eigenvalue weighted by atomic mass is 32.2. The fourth-order valence-electron chi connectivity index (χ4n) is 4.58. The molecule has 10 nitrogen and oxygen atoms in total. The first kappa shape index (κ1) is 31.6. The quantitative estimate of drug-likeness (QED) is 0.211. The van der Waals surface area contributed by atoms with Crippen LogP contribution in [0.1, 0.15) is 35.9 Å². The number of nitrogens with one attached hydrogen (secondary N) is 1. The second-order valence-corrected chi connectivity index (χ2v) is 11.1. The highest BCUT2D eigenvalue weighted by molar-refractivity contribution is 8.15. The van der Waals surface area contributed by atoms with E-state index in [0.29, 0.717) is 28.1 Å². The van der Waals surface area contributed by atoms with Crippen LogP contribution in [0, 0.1) is 13.8 Å². The molecule has 3 amide bonds. The first-order valence-electron chi connectivity index (χ1n) is 13.9. The summed E-state index contributed by atoms with van der Waals surface area (Å²) in [7, 11) is 0. The van der Waals surface area contributed by atoms with Gasteiger partial charge >= 0.3 is 12.4 Å². The number of alkyl halides is 3. The number of halogens is 3. The lowest BCUT2D eigenvalue weighted by Gasteiger charge is -2.20. The molecule has 234 valence electrons. The zero-order valence-electron chi connectivity index (χ0n) is 24.6. The Labute approximate surface area is 261 Å². The lowest BCUT2D eigenvalue weighted by atomic mass is 10.0. The fraction of sp³-hybridized carbons (Fsp3) is 0.258. The van der Waals surface area contributed by atoms with Crippen molar-refractivity contribution in [1.82, 2.24) is 14.8 Å². The minimum Gasteiger partial charge on any atom is -0.486 e. The van der Waals surface area contributed by atoms with E-state index in [0.717, 1.165) is 35.2 Å². The number of aliphatic imine (C=N–C) groups is 1. The van der Waals surface area contributed by atoms with Gasteiger partial charge in [0.2, 0.25) is 5.91 Å². The molecule has 0 radical (unpaired) electrons. The van der Waals surface area contributed by atoms with E-state index >= 15 is 0 Å². The molecule has 5 rings (SSSR count). The number of aryl methyl sites for hydroxylation is 3. The number of ether oxygens (including phenoxy) is 2. The predicted molar refractivity (Wildman–Crippen MR) is 165 cm³/mol. The van der Waals surface area contributed by atoms with E-state index in [1.165, 1.54) is 51.9 Å². The second-order valence-electron chi connectivity index (χ2n) is 10.1. The van der Waals surface area contributed by atoms with E-state index in [1.807, 2.05) is 25.1 Å². The van der Waals surface area contributed by atoms with Gasteiger partial charge in [-0.25, -0.2) is 14.5 Å². The Morgan fingerprint density at radius 1 is 1.07 bits per heavy atom. The number of carbonyl (C=O) groups is 2. The predicted octanol–water partition coefficient (Wildman–Crippen LogP) is 6.98. The van der Waals surface area contributed by atoms with Crippen molar-refractivity contribution in [2.75, 3.05) is 16.0 Å². The number of anilines is 2. The minimum absolute atomic E-state index is 0.0289. The number of amides is 3. The molecule has 14 heteroatoms. The topological polar surface area (TPSA) is 111 Å². The molecule has 0 bridgehead atoms. The molecule has 1 aromatic heterocycles. The van der Waals surface area contributed by atoms with Crippen LogP contribution in [0.4, 0.5) is 29.3 Å². The molecule has 1 saturated heterocycles. The Bertz CT molecular complexity index is 1740. The van der Waals surface area contributed by atoms with Gasteiger partial charge in [-0.3, -0.25) is 9.69 Å². The summed E-state index contributed by atoms with van der Waals surface area (Å²) in [6.45, 7) is 5.86. The molecule has 3 aromatic carbocycles. The molecule has 0 spiro atoms. The largest absolute Gasteiger partial charge is 0.573 e. The van der Waals surface area contributed by atoms with Crippen LogP contribution in [0.5, 0.6) is 11.5 Å². The molecule has 4 aromatic rings. The summed E-state index contributed by atoms with van der Waals surface area (Å²) in [5.41, 5.74) is 4.52. The highest BCUT2D eigenvalue weighted by Gasteiger charge is 2.32. The van der Waals surface area contributed by atoms with Crippen LogP contribution < -0.4 is 19.7 Å². The van der Waals surface area contributed by atoms with Crippen molar-refractivity contribution in [3.8, 4) is 17.2 Å².